The zero-order chi connectivity index (χ0) is 9.56. The Labute approximate surface area is 73.1 Å². The molecule has 4 heteroatoms. The lowest BCUT2D eigenvalue weighted by Gasteiger charge is -2.26. The van der Waals surface area contributed by atoms with Crippen LogP contribution in [0.4, 0.5) is 0 Å². The Morgan fingerprint density at radius 3 is 2.08 bits per heavy atom. The molecule has 0 aromatic carbocycles. The molecule has 4 nitrogen and oxygen atoms in total. The van der Waals surface area contributed by atoms with E-state index in [1.807, 2.05) is 0 Å². The molecule has 0 radical (unpaired) electrons. The van der Waals surface area contributed by atoms with Gasteiger partial charge in [0.25, 0.3) is 0 Å². The Morgan fingerprint density at radius 2 is 1.83 bits per heavy atom. The van der Waals surface area contributed by atoms with Crippen LogP contribution in [0.5, 0.6) is 0 Å². The first-order valence-corrected chi connectivity index (χ1v) is 4.01. The maximum Gasteiger partial charge on any atom is 0.109 e. The van der Waals surface area contributed by atoms with Crippen molar-refractivity contribution >= 4 is 0 Å². The summed E-state index contributed by atoms with van der Waals surface area (Å²) in [4.78, 5) is 0. The van der Waals surface area contributed by atoms with Crippen LogP contribution in [-0.2, 0) is 9.47 Å². The van der Waals surface area contributed by atoms with E-state index in [-0.39, 0.29) is 18.8 Å². The summed E-state index contributed by atoms with van der Waals surface area (Å²) in [5.74, 6) is 0. The molecule has 0 heterocycles. The van der Waals surface area contributed by atoms with Crippen LogP contribution < -0.4 is 0 Å². The molecule has 0 amide bonds. The molecular weight excluding hydrogens is 160 g/mol. The molecule has 0 fully saturated rings. The van der Waals surface area contributed by atoms with Crippen LogP contribution in [0.2, 0.25) is 0 Å². The lowest BCUT2D eigenvalue weighted by molar-refractivity contribution is -0.0951. The first-order valence-electron chi connectivity index (χ1n) is 4.01. The van der Waals surface area contributed by atoms with E-state index in [0.717, 1.165) is 0 Å². The SMILES string of the molecule is COC(CCO)C(OC)C(C)O. The van der Waals surface area contributed by atoms with Gasteiger partial charge in [-0.25, -0.2) is 0 Å². The van der Waals surface area contributed by atoms with Crippen LogP contribution >= 0.6 is 0 Å². The second-order valence-electron chi connectivity index (χ2n) is 2.73. The van der Waals surface area contributed by atoms with Crippen molar-refractivity contribution in [2.45, 2.75) is 31.7 Å². The first kappa shape index (κ1) is 11.8. The van der Waals surface area contributed by atoms with E-state index in [9.17, 15) is 5.11 Å². The monoisotopic (exact) mass is 178 g/mol. The average Bonchev–Trinajstić information content (AvgIpc) is 2.03. The molecule has 0 rings (SSSR count). The van der Waals surface area contributed by atoms with E-state index in [0.29, 0.717) is 6.42 Å². The van der Waals surface area contributed by atoms with Gasteiger partial charge in [-0.2, -0.15) is 0 Å². The fourth-order valence-electron chi connectivity index (χ4n) is 1.20. The van der Waals surface area contributed by atoms with E-state index < -0.39 is 6.10 Å². The quantitative estimate of drug-likeness (QED) is 0.590. The topological polar surface area (TPSA) is 58.9 Å². The zero-order valence-electron chi connectivity index (χ0n) is 7.86. The van der Waals surface area contributed by atoms with Crippen molar-refractivity contribution in [2.75, 3.05) is 20.8 Å². The second-order valence-corrected chi connectivity index (χ2v) is 2.73. The van der Waals surface area contributed by atoms with Gasteiger partial charge >= 0.3 is 0 Å². The molecule has 0 aromatic heterocycles. The van der Waals surface area contributed by atoms with Crippen LogP contribution in [0.1, 0.15) is 13.3 Å². The van der Waals surface area contributed by atoms with E-state index in [1.165, 1.54) is 14.2 Å². The highest BCUT2D eigenvalue weighted by Gasteiger charge is 2.24. The summed E-state index contributed by atoms with van der Waals surface area (Å²) < 4.78 is 10.1. The molecule has 0 aliphatic carbocycles. The van der Waals surface area contributed by atoms with E-state index in [2.05, 4.69) is 0 Å². The molecule has 74 valence electrons. The lowest BCUT2D eigenvalue weighted by Crippen LogP contribution is -2.39. The molecule has 0 aromatic rings. The number of methoxy groups -OCH3 is 2. The average molecular weight is 178 g/mol. The highest BCUT2D eigenvalue weighted by atomic mass is 16.5. The van der Waals surface area contributed by atoms with Gasteiger partial charge in [0.1, 0.15) is 6.10 Å². The van der Waals surface area contributed by atoms with Gasteiger partial charge in [-0.1, -0.05) is 0 Å². The number of ether oxygens (including phenoxy) is 2. The number of hydrogen-bond acceptors (Lipinski definition) is 4. The zero-order valence-corrected chi connectivity index (χ0v) is 7.86. The van der Waals surface area contributed by atoms with Gasteiger partial charge in [-0.05, 0) is 13.3 Å². The molecule has 3 unspecified atom stereocenters. The minimum Gasteiger partial charge on any atom is -0.396 e. The molecule has 2 N–H and O–H groups in total. The molecule has 0 aliphatic rings. The van der Waals surface area contributed by atoms with Crippen LogP contribution in [0.15, 0.2) is 0 Å². The second kappa shape index (κ2) is 6.37. The van der Waals surface area contributed by atoms with Crippen molar-refractivity contribution in [3.63, 3.8) is 0 Å². The summed E-state index contributed by atoms with van der Waals surface area (Å²) in [6.07, 6.45) is -0.742. The summed E-state index contributed by atoms with van der Waals surface area (Å²) in [5, 5.41) is 17.9. The lowest BCUT2D eigenvalue weighted by atomic mass is 10.1. The smallest absolute Gasteiger partial charge is 0.109 e. The highest BCUT2D eigenvalue weighted by Crippen LogP contribution is 2.10. The Bertz CT molecular complexity index is 105. The van der Waals surface area contributed by atoms with Crippen LogP contribution in [0, 0.1) is 0 Å². The van der Waals surface area contributed by atoms with Crippen LogP contribution in [-0.4, -0.2) is 49.4 Å². The summed E-state index contributed by atoms with van der Waals surface area (Å²) in [7, 11) is 3.05. The van der Waals surface area contributed by atoms with Gasteiger partial charge in [0.2, 0.25) is 0 Å². The molecule has 0 bridgehead atoms. The van der Waals surface area contributed by atoms with Gasteiger partial charge in [-0.3, -0.25) is 0 Å². The molecule has 0 spiro atoms. The van der Waals surface area contributed by atoms with Gasteiger partial charge in [0.15, 0.2) is 0 Å². The predicted molar refractivity (Wildman–Crippen MR) is 45.0 cm³/mol. The van der Waals surface area contributed by atoms with Crippen molar-refractivity contribution in [3.8, 4) is 0 Å². The minimum atomic E-state index is -0.591. The van der Waals surface area contributed by atoms with Crippen LogP contribution in [0.25, 0.3) is 0 Å². The van der Waals surface area contributed by atoms with Crippen molar-refractivity contribution in [1.82, 2.24) is 0 Å². The first-order chi connectivity index (χ1) is 5.67. The number of rotatable bonds is 6. The van der Waals surface area contributed by atoms with Crippen molar-refractivity contribution in [1.29, 1.82) is 0 Å². The maximum atomic E-state index is 9.25. The van der Waals surface area contributed by atoms with E-state index in [1.54, 1.807) is 6.92 Å². The number of hydrogen-bond donors (Lipinski definition) is 2. The van der Waals surface area contributed by atoms with E-state index >= 15 is 0 Å². The van der Waals surface area contributed by atoms with Gasteiger partial charge in [0, 0.05) is 20.8 Å². The molecular formula is C8H18O4. The minimum absolute atomic E-state index is 0.0328. The Balaban J connectivity index is 4.02. The largest absolute Gasteiger partial charge is 0.396 e. The molecule has 12 heavy (non-hydrogen) atoms. The Kier molecular flexibility index (Phi) is 6.28. The van der Waals surface area contributed by atoms with Gasteiger partial charge < -0.3 is 19.7 Å². The third kappa shape index (κ3) is 3.49. The van der Waals surface area contributed by atoms with Crippen molar-refractivity contribution < 1.29 is 19.7 Å². The van der Waals surface area contributed by atoms with Gasteiger partial charge in [-0.15, -0.1) is 0 Å². The summed E-state index contributed by atoms with van der Waals surface area (Å²) in [6.45, 7) is 1.67. The molecule has 3 atom stereocenters. The fraction of sp³-hybridized carbons (Fsp3) is 1.00. The normalized spacial score (nSPS) is 18.8. The molecule has 0 aliphatic heterocycles. The molecule has 0 saturated heterocycles. The summed E-state index contributed by atoms with van der Waals surface area (Å²) >= 11 is 0. The predicted octanol–water partition coefficient (Wildman–Crippen LogP) is -0.220. The standard InChI is InChI=1S/C8H18O4/c1-6(10)8(12-3)7(11-2)4-5-9/h6-10H,4-5H2,1-3H3. The van der Waals surface area contributed by atoms with Crippen molar-refractivity contribution in [3.05, 3.63) is 0 Å². The fourth-order valence-corrected chi connectivity index (χ4v) is 1.20. The third-order valence-corrected chi connectivity index (χ3v) is 1.83. The summed E-state index contributed by atoms with van der Waals surface area (Å²) in [6, 6.07) is 0. The van der Waals surface area contributed by atoms with Crippen LogP contribution in [0.3, 0.4) is 0 Å². The third-order valence-electron chi connectivity index (χ3n) is 1.83. The highest BCUT2D eigenvalue weighted by molar-refractivity contribution is 4.74. The summed E-state index contributed by atoms with van der Waals surface area (Å²) in [5.41, 5.74) is 0. The molecule has 0 saturated carbocycles. The van der Waals surface area contributed by atoms with E-state index in [4.69, 9.17) is 14.6 Å². The maximum absolute atomic E-state index is 9.25. The Morgan fingerprint density at radius 1 is 1.25 bits per heavy atom. The van der Waals surface area contributed by atoms with Crippen molar-refractivity contribution in [2.24, 2.45) is 0 Å². The number of aliphatic hydroxyl groups excluding tert-OH is 2. The van der Waals surface area contributed by atoms with Gasteiger partial charge in [0.05, 0.1) is 12.2 Å². The number of aliphatic hydroxyl groups is 2. The Hall–Kier alpha value is -0.160.